The summed E-state index contributed by atoms with van der Waals surface area (Å²) in [5.74, 6) is 8.36. The normalized spacial score (nSPS) is 28.9. The number of nitrogens with two attached hydrogens (primary N) is 1. The lowest BCUT2D eigenvalue weighted by molar-refractivity contribution is 0.173. The van der Waals surface area contributed by atoms with Gasteiger partial charge in [0.2, 0.25) is 0 Å². The molecule has 2 unspecified atom stereocenters. The van der Waals surface area contributed by atoms with Crippen molar-refractivity contribution in [3.63, 3.8) is 0 Å². The van der Waals surface area contributed by atoms with E-state index >= 15 is 0 Å². The van der Waals surface area contributed by atoms with E-state index in [-0.39, 0.29) is 0 Å². The molecule has 1 saturated carbocycles. The molecule has 3 N–H and O–H groups in total. The second-order valence-corrected chi connectivity index (χ2v) is 6.02. The molecule has 0 aromatic heterocycles. The fraction of sp³-hybridized carbons (Fsp3) is 1.00. The van der Waals surface area contributed by atoms with Gasteiger partial charge >= 0.3 is 0 Å². The van der Waals surface area contributed by atoms with Crippen molar-refractivity contribution in [2.75, 3.05) is 0 Å². The molecule has 102 valence electrons. The Morgan fingerprint density at radius 1 is 1.18 bits per heavy atom. The van der Waals surface area contributed by atoms with Gasteiger partial charge in [0.05, 0.1) is 0 Å². The first kappa shape index (κ1) is 15.0. The third-order valence-electron chi connectivity index (χ3n) is 4.72. The van der Waals surface area contributed by atoms with Crippen molar-refractivity contribution in [2.24, 2.45) is 23.6 Å². The summed E-state index contributed by atoms with van der Waals surface area (Å²) < 4.78 is 0. The van der Waals surface area contributed by atoms with E-state index in [4.69, 9.17) is 5.84 Å². The summed E-state index contributed by atoms with van der Waals surface area (Å²) in [7, 11) is 0. The van der Waals surface area contributed by atoms with E-state index in [1.54, 1.807) is 0 Å². The average Bonchev–Trinajstić information content (AvgIpc) is 2.36. The van der Waals surface area contributed by atoms with Gasteiger partial charge in [0.25, 0.3) is 0 Å². The molecule has 0 amide bonds. The van der Waals surface area contributed by atoms with Crippen molar-refractivity contribution < 1.29 is 0 Å². The maximum absolute atomic E-state index is 5.84. The summed E-state index contributed by atoms with van der Waals surface area (Å²) in [6.45, 7) is 6.98. The first-order valence-electron chi connectivity index (χ1n) is 7.69. The SMILES string of the molecule is CCCCC(CC)C(NN)C1CCC(C)CC1. The van der Waals surface area contributed by atoms with Gasteiger partial charge < -0.3 is 0 Å². The van der Waals surface area contributed by atoms with Crippen LogP contribution in [-0.4, -0.2) is 6.04 Å². The van der Waals surface area contributed by atoms with Crippen LogP contribution in [0.3, 0.4) is 0 Å². The molecule has 1 fully saturated rings. The Labute approximate surface area is 108 Å². The van der Waals surface area contributed by atoms with E-state index in [0.29, 0.717) is 6.04 Å². The van der Waals surface area contributed by atoms with Gasteiger partial charge in [0.1, 0.15) is 0 Å². The Kier molecular flexibility index (Phi) is 7.14. The second-order valence-electron chi connectivity index (χ2n) is 6.02. The van der Waals surface area contributed by atoms with Crippen LogP contribution < -0.4 is 11.3 Å². The van der Waals surface area contributed by atoms with Crippen LogP contribution in [0.25, 0.3) is 0 Å². The molecule has 0 spiro atoms. The zero-order valence-electron chi connectivity index (χ0n) is 12.0. The lowest BCUT2D eigenvalue weighted by Gasteiger charge is -2.36. The summed E-state index contributed by atoms with van der Waals surface area (Å²) in [4.78, 5) is 0. The molecule has 0 heterocycles. The Hall–Kier alpha value is -0.0800. The maximum Gasteiger partial charge on any atom is 0.0266 e. The maximum atomic E-state index is 5.84. The minimum atomic E-state index is 0.555. The van der Waals surface area contributed by atoms with Crippen LogP contribution in [0.4, 0.5) is 0 Å². The molecule has 0 saturated heterocycles. The highest BCUT2D eigenvalue weighted by Crippen LogP contribution is 2.34. The monoisotopic (exact) mass is 240 g/mol. The van der Waals surface area contributed by atoms with Gasteiger partial charge in [-0.15, -0.1) is 0 Å². The molecule has 0 aromatic carbocycles. The zero-order chi connectivity index (χ0) is 12.7. The van der Waals surface area contributed by atoms with Crippen molar-refractivity contribution in [3.05, 3.63) is 0 Å². The van der Waals surface area contributed by atoms with Crippen LogP contribution in [-0.2, 0) is 0 Å². The van der Waals surface area contributed by atoms with E-state index in [2.05, 4.69) is 26.2 Å². The summed E-state index contributed by atoms with van der Waals surface area (Å²) in [5, 5.41) is 0. The molecule has 1 aliphatic rings. The summed E-state index contributed by atoms with van der Waals surface area (Å²) >= 11 is 0. The summed E-state index contributed by atoms with van der Waals surface area (Å²) in [6, 6.07) is 0.555. The Balaban J connectivity index is 2.49. The minimum absolute atomic E-state index is 0.555. The number of hydrogen-bond acceptors (Lipinski definition) is 2. The van der Waals surface area contributed by atoms with Crippen molar-refractivity contribution in [2.45, 2.75) is 78.2 Å². The van der Waals surface area contributed by atoms with E-state index in [9.17, 15) is 0 Å². The third-order valence-corrected chi connectivity index (χ3v) is 4.72. The molecule has 0 radical (unpaired) electrons. The van der Waals surface area contributed by atoms with Crippen molar-refractivity contribution in [3.8, 4) is 0 Å². The summed E-state index contributed by atoms with van der Waals surface area (Å²) in [5.41, 5.74) is 3.15. The molecule has 0 aliphatic heterocycles. The third kappa shape index (κ3) is 4.59. The average molecular weight is 240 g/mol. The zero-order valence-corrected chi connectivity index (χ0v) is 12.0. The molecule has 17 heavy (non-hydrogen) atoms. The smallest absolute Gasteiger partial charge is 0.0266 e. The number of rotatable bonds is 7. The molecule has 2 nitrogen and oxygen atoms in total. The van der Waals surface area contributed by atoms with Crippen molar-refractivity contribution in [1.29, 1.82) is 0 Å². The highest BCUT2D eigenvalue weighted by molar-refractivity contribution is 4.84. The highest BCUT2D eigenvalue weighted by Gasteiger charge is 2.29. The Morgan fingerprint density at radius 3 is 2.29 bits per heavy atom. The molecular weight excluding hydrogens is 208 g/mol. The van der Waals surface area contributed by atoms with Gasteiger partial charge in [-0.1, -0.05) is 52.9 Å². The lowest BCUT2D eigenvalue weighted by Crippen LogP contribution is -2.47. The number of hydrazine groups is 1. The van der Waals surface area contributed by atoms with E-state index < -0.39 is 0 Å². The van der Waals surface area contributed by atoms with Gasteiger partial charge in [-0.05, 0) is 37.0 Å². The molecule has 1 rings (SSSR count). The largest absolute Gasteiger partial charge is 0.271 e. The van der Waals surface area contributed by atoms with Crippen LogP contribution in [0, 0.1) is 17.8 Å². The van der Waals surface area contributed by atoms with Crippen LogP contribution >= 0.6 is 0 Å². The van der Waals surface area contributed by atoms with Gasteiger partial charge in [-0.3, -0.25) is 11.3 Å². The first-order chi connectivity index (χ1) is 8.22. The Morgan fingerprint density at radius 2 is 1.82 bits per heavy atom. The highest BCUT2D eigenvalue weighted by atomic mass is 15.2. The number of nitrogens with one attached hydrogen (secondary N) is 1. The van der Waals surface area contributed by atoms with E-state index in [1.807, 2.05) is 0 Å². The predicted octanol–water partition coefficient (Wildman–Crippen LogP) is 3.86. The molecule has 2 heteroatoms. The topological polar surface area (TPSA) is 38.0 Å². The van der Waals surface area contributed by atoms with E-state index in [1.165, 1.54) is 51.4 Å². The number of hydrogen-bond donors (Lipinski definition) is 2. The quantitative estimate of drug-likeness (QED) is 0.524. The fourth-order valence-corrected chi connectivity index (χ4v) is 3.41. The minimum Gasteiger partial charge on any atom is -0.271 e. The molecular formula is C15H32N2. The summed E-state index contributed by atoms with van der Waals surface area (Å²) in [6.07, 6.45) is 10.8. The van der Waals surface area contributed by atoms with E-state index in [0.717, 1.165) is 17.8 Å². The van der Waals surface area contributed by atoms with Crippen LogP contribution in [0.15, 0.2) is 0 Å². The van der Waals surface area contributed by atoms with Crippen LogP contribution in [0.2, 0.25) is 0 Å². The number of unbranched alkanes of at least 4 members (excludes halogenated alkanes) is 1. The molecule has 2 atom stereocenters. The first-order valence-corrected chi connectivity index (χ1v) is 7.69. The van der Waals surface area contributed by atoms with Gasteiger partial charge in [0.15, 0.2) is 0 Å². The molecule has 1 aliphatic carbocycles. The van der Waals surface area contributed by atoms with Crippen LogP contribution in [0.1, 0.15) is 72.1 Å². The lowest BCUT2D eigenvalue weighted by atomic mass is 9.74. The van der Waals surface area contributed by atoms with Gasteiger partial charge in [-0.2, -0.15) is 0 Å². The predicted molar refractivity (Wildman–Crippen MR) is 75.5 cm³/mol. The Bertz CT molecular complexity index is 181. The second kappa shape index (κ2) is 8.10. The van der Waals surface area contributed by atoms with Gasteiger partial charge in [-0.25, -0.2) is 0 Å². The van der Waals surface area contributed by atoms with Crippen molar-refractivity contribution in [1.82, 2.24) is 5.43 Å². The molecule has 0 aromatic rings. The standard InChI is InChI=1S/C15H32N2/c1-4-6-7-13(5-2)15(17-16)14-10-8-12(3)9-11-14/h12-15,17H,4-11,16H2,1-3H3. The van der Waals surface area contributed by atoms with Crippen LogP contribution in [0.5, 0.6) is 0 Å². The van der Waals surface area contributed by atoms with Gasteiger partial charge in [0, 0.05) is 6.04 Å². The molecule has 0 bridgehead atoms. The van der Waals surface area contributed by atoms with Crippen molar-refractivity contribution >= 4 is 0 Å². The fourth-order valence-electron chi connectivity index (χ4n) is 3.41.